The molecule has 8 nitrogen and oxygen atoms in total. The number of aliphatic hydroxyl groups excluding tert-OH is 1. The summed E-state index contributed by atoms with van der Waals surface area (Å²) >= 11 is 0. The lowest BCUT2D eigenvalue weighted by Gasteiger charge is -2.23. The summed E-state index contributed by atoms with van der Waals surface area (Å²) in [5.74, 6) is -0.300. The zero-order valence-electron chi connectivity index (χ0n) is 29.4. The maximum absolute atomic E-state index is 12.6. The zero-order valence-corrected chi connectivity index (χ0v) is 30.3. The van der Waals surface area contributed by atoms with Crippen molar-refractivity contribution in [2.75, 3.05) is 19.8 Å². The van der Waals surface area contributed by atoms with Crippen molar-refractivity contribution in [3.8, 4) is 0 Å². The van der Waals surface area contributed by atoms with Crippen molar-refractivity contribution in [1.82, 2.24) is 5.32 Å². The maximum Gasteiger partial charge on any atom is 0.472 e. The van der Waals surface area contributed by atoms with E-state index >= 15 is 0 Å². The highest BCUT2D eigenvalue weighted by Crippen LogP contribution is 2.43. The van der Waals surface area contributed by atoms with Gasteiger partial charge in [0.15, 0.2) is 0 Å². The monoisotopic (exact) mass is 686 g/mol. The van der Waals surface area contributed by atoms with Crippen LogP contribution in [0.4, 0.5) is 0 Å². The van der Waals surface area contributed by atoms with Crippen LogP contribution in [0.2, 0.25) is 0 Å². The van der Waals surface area contributed by atoms with Crippen LogP contribution in [-0.2, 0) is 18.4 Å². The summed E-state index contributed by atoms with van der Waals surface area (Å²) in [6, 6.07) is -0.929. The third-order valence-corrected chi connectivity index (χ3v) is 7.57. The molecule has 0 bridgehead atoms. The van der Waals surface area contributed by atoms with Gasteiger partial charge in [0.25, 0.3) is 0 Å². The minimum atomic E-state index is -4.37. The average molecular weight is 687 g/mol. The largest absolute Gasteiger partial charge is 0.472 e. The number of nitrogens with two attached hydrogens (primary N) is 1. The first-order valence-corrected chi connectivity index (χ1v) is 19.0. The second-order valence-electron chi connectivity index (χ2n) is 10.9. The van der Waals surface area contributed by atoms with Crippen LogP contribution >= 0.6 is 7.82 Å². The second kappa shape index (κ2) is 34.0. The summed E-state index contributed by atoms with van der Waals surface area (Å²) < 4.78 is 21.9. The first kappa shape index (κ1) is 45.2. The number of allylic oxidation sites excluding steroid dienone is 17. The Bertz CT molecular complexity index is 1100. The van der Waals surface area contributed by atoms with Crippen LogP contribution < -0.4 is 11.1 Å². The van der Waals surface area contributed by atoms with E-state index in [9.17, 15) is 19.4 Å². The van der Waals surface area contributed by atoms with Gasteiger partial charge in [-0.2, -0.15) is 0 Å². The lowest BCUT2D eigenvalue weighted by Crippen LogP contribution is -2.45. The predicted molar refractivity (Wildman–Crippen MR) is 202 cm³/mol. The number of carbonyl (C=O) groups is 1. The first-order valence-electron chi connectivity index (χ1n) is 17.5. The third-order valence-electron chi connectivity index (χ3n) is 6.59. The third kappa shape index (κ3) is 31.7. The van der Waals surface area contributed by atoms with Gasteiger partial charge in [-0.1, -0.05) is 123 Å². The number of rotatable bonds is 30. The van der Waals surface area contributed by atoms with Gasteiger partial charge in [0.05, 0.1) is 25.4 Å². The highest BCUT2D eigenvalue weighted by molar-refractivity contribution is 7.47. The number of hydrogen-bond acceptors (Lipinski definition) is 6. The molecule has 0 radical (unpaired) electrons. The van der Waals surface area contributed by atoms with E-state index in [0.29, 0.717) is 12.8 Å². The highest BCUT2D eigenvalue weighted by atomic mass is 31.2. The first-order chi connectivity index (χ1) is 23.4. The number of amides is 1. The molecule has 0 aromatic rings. The average Bonchev–Trinajstić information content (AvgIpc) is 3.07. The lowest BCUT2D eigenvalue weighted by molar-refractivity contribution is -0.122. The van der Waals surface area contributed by atoms with Crippen LogP contribution in [-0.4, -0.2) is 47.8 Å². The zero-order chi connectivity index (χ0) is 35.4. The van der Waals surface area contributed by atoms with Crippen molar-refractivity contribution in [2.24, 2.45) is 5.73 Å². The van der Waals surface area contributed by atoms with Crippen LogP contribution in [0, 0.1) is 0 Å². The predicted octanol–water partition coefficient (Wildman–Crippen LogP) is 9.04. The molecule has 0 saturated heterocycles. The van der Waals surface area contributed by atoms with Crippen LogP contribution in [0.25, 0.3) is 0 Å². The summed E-state index contributed by atoms with van der Waals surface area (Å²) in [5.41, 5.74) is 5.33. The van der Waals surface area contributed by atoms with Crippen LogP contribution in [0.1, 0.15) is 97.3 Å². The number of aliphatic hydroxyl groups is 1. The van der Waals surface area contributed by atoms with Crippen LogP contribution in [0.3, 0.4) is 0 Å². The molecule has 0 saturated carbocycles. The normalized spacial score (nSPS) is 15.7. The van der Waals surface area contributed by atoms with E-state index in [1.807, 2.05) is 18.2 Å². The summed E-state index contributed by atoms with van der Waals surface area (Å²) in [6.45, 7) is 3.75. The molecule has 0 aromatic carbocycles. The fraction of sp³-hybridized carbons (Fsp3) is 0.513. The molecule has 48 heavy (non-hydrogen) atoms. The summed E-state index contributed by atoms with van der Waals surface area (Å²) in [4.78, 5) is 22.5. The van der Waals surface area contributed by atoms with Gasteiger partial charge in [-0.25, -0.2) is 4.57 Å². The van der Waals surface area contributed by atoms with Crippen molar-refractivity contribution in [3.05, 3.63) is 109 Å². The molecule has 5 N–H and O–H groups in total. The van der Waals surface area contributed by atoms with Gasteiger partial charge >= 0.3 is 7.82 Å². The number of phosphoric acid groups is 1. The standard InChI is InChI=1S/C39H63N2O6P/c1-3-5-7-9-11-13-15-16-17-18-19-20-21-22-23-25-27-29-31-33-39(43)41-37(36-47-48(44,45)46-35-34-40)38(42)32-30-28-26-24-14-12-10-8-6-4-2/h5-8,11,13-14,16-17,19-20,22-24,27,29-30,32,37-38,42H,3-4,9-10,12,15,18,21,25-26,28,31,33-36,40H2,1-2H3,(H,41,43)(H,44,45)/b7-5-,8-6+,13-11-,17-16-,20-19-,23-22-,24-14+,29-27-,32-30+. The quantitative estimate of drug-likeness (QED) is 0.0337. The van der Waals surface area contributed by atoms with Crippen LogP contribution in [0.5, 0.6) is 0 Å². The van der Waals surface area contributed by atoms with Crippen molar-refractivity contribution in [2.45, 2.75) is 109 Å². The maximum atomic E-state index is 12.6. The number of nitrogens with one attached hydrogen (secondary N) is 1. The molecular weight excluding hydrogens is 623 g/mol. The van der Waals surface area contributed by atoms with E-state index in [2.05, 4.69) is 104 Å². The second-order valence-corrected chi connectivity index (χ2v) is 12.4. The topological polar surface area (TPSA) is 131 Å². The molecule has 9 heteroatoms. The molecule has 1 amide bonds. The van der Waals surface area contributed by atoms with Gasteiger partial charge in [0.1, 0.15) is 0 Å². The number of phosphoric ester groups is 1. The Hall–Kier alpha value is -2.84. The van der Waals surface area contributed by atoms with Crippen molar-refractivity contribution >= 4 is 13.7 Å². The molecule has 0 rings (SSSR count). The van der Waals surface area contributed by atoms with Gasteiger partial charge in [-0.15, -0.1) is 0 Å². The van der Waals surface area contributed by atoms with Gasteiger partial charge in [0.2, 0.25) is 5.91 Å². The van der Waals surface area contributed by atoms with E-state index in [1.165, 1.54) is 0 Å². The smallest absolute Gasteiger partial charge is 0.387 e. The van der Waals surface area contributed by atoms with E-state index in [0.717, 1.165) is 64.2 Å². The molecule has 3 atom stereocenters. The number of carbonyl (C=O) groups excluding carboxylic acids is 1. The Labute approximate surface area is 291 Å². The molecule has 0 aromatic heterocycles. The lowest BCUT2D eigenvalue weighted by atomic mass is 10.1. The molecule has 0 heterocycles. The highest BCUT2D eigenvalue weighted by Gasteiger charge is 2.26. The molecular formula is C39H63N2O6P. The SMILES string of the molecule is CC/C=C\C/C=C\C/C=C\C/C=C\C/C=C\C/C=C\CCC(=O)NC(COP(=O)(O)OCCN)C(O)/C=C/CC/C=C/CC/C=C/CC. The molecule has 270 valence electrons. The number of unbranched alkanes of at least 4 members (excludes halogenated alkanes) is 2. The Balaban J connectivity index is 4.54. The molecule has 0 fully saturated rings. The van der Waals surface area contributed by atoms with Gasteiger partial charge < -0.3 is 21.1 Å². The van der Waals surface area contributed by atoms with E-state index < -0.39 is 26.6 Å². The Morgan fingerprint density at radius 3 is 1.58 bits per heavy atom. The van der Waals surface area contributed by atoms with Gasteiger partial charge in [-0.3, -0.25) is 13.8 Å². The van der Waals surface area contributed by atoms with E-state index in [1.54, 1.807) is 6.08 Å². The van der Waals surface area contributed by atoms with Crippen molar-refractivity contribution in [1.29, 1.82) is 0 Å². The Morgan fingerprint density at radius 2 is 1.08 bits per heavy atom. The summed E-state index contributed by atoms with van der Waals surface area (Å²) in [5, 5.41) is 13.4. The molecule has 0 aliphatic heterocycles. The minimum Gasteiger partial charge on any atom is -0.387 e. The van der Waals surface area contributed by atoms with Crippen LogP contribution in [0.15, 0.2) is 109 Å². The fourth-order valence-corrected chi connectivity index (χ4v) is 4.77. The van der Waals surface area contributed by atoms with E-state index in [-0.39, 0.29) is 25.5 Å². The summed E-state index contributed by atoms with van der Waals surface area (Å²) in [7, 11) is -4.37. The Kier molecular flexibility index (Phi) is 32.0. The number of hydrogen-bond donors (Lipinski definition) is 4. The van der Waals surface area contributed by atoms with Crippen molar-refractivity contribution < 1.29 is 28.4 Å². The molecule has 0 aliphatic rings. The fourth-order valence-electron chi connectivity index (χ4n) is 4.01. The molecule has 0 aliphatic carbocycles. The minimum absolute atomic E-state index is 0.0535. The van der Waals surface area contributed by atoms with Crippen molar-refractivity contribution in [3.63, 3.8) is 0 Å². The van der Waals surface area contributed by atoms with E-state index in [4.69, 9.17) is 14.8 Å². The van der Waals surface area contributed by atoms with Gasteiger partial charge in [-0.05, 0) is 77.0 Å². The molecule has 0 spiro atoms. The van der Waals surface area contributed by atoms with Gasteiger partial charge in [0, 0.05) is 13.0 Å². The molecule has 3 unspecified atom stereocenters. The summed E-state index contributed by atoms with van der Waals surface area (Å²) in [6.07, 6.45) is 47.3. The Morgan fingerprint density at radius 1 is 0.667 bits per heavy atom.